The third-order valence-corrected chi connectivity index (χ3v) is 4.74. The van der Waals surface area contributed by atoms with Crippen LogP contribution in [0.4, 0.5) is 0 Å². The molecular weight excluding hydrogens is 324 g/mol. The molecule has 2 unspecified atom stereocenters. The number of ether oxygens (including phenoxy) is 1. The molecule has 2 aromatic rings. The normalized spacial score (nSPS) is 13.1. The number of carbonyl (C=O) groups is 1. The molecule has 0 bridgehead atoms. The van der Waals surface area contributed by atoms with Crippen LogP contribution >= 0.6 is 0 Å². The van der Waals surface area contributed by atoms with Crippen molar-refractivity contribution in [2.75, 3.05) is 13.7 Å². The summed E-state index contributed by atoms with van der Waals surface area (Å²) in [5, 5.41) is 0. The molecule has 2 aromatic carbocycles. The summed E-state index contributed by atoms with van der Waals surface area (Å²) in [7, 11) is 1.67. The molecule has 2 rings (SSSR count). The van der Waals surface area contributed by atoms with E-state index in [2.05, 4.69) is 37.3 Å². The number of methoxy groups -OCH3 is 1. The lowest BCUT2D eigenvalue weighted by atomic mass is 10.00. The van der Waals surface area contributed by atoms with Gasteiger partial charge in [0.15, 0.2) is 0 Å². The maximum absolute atomic E-state index is 12.5. The number of nitrogens with zero attached hydrogens (tertiary/aromatic N) is 1. The molecule has 0 aliphatic heterocycles. The summed E-state index contributed by atoms with van der Waals surface area (Å²) in [5.74, 6) is 1.01. The van der Waals surface area contributed by atoms with Crippen molar-refractivity contribution < 1.29 is 9.53 Å². The van der Waals surface area contributed by atoms with Crippen LogP contribution in [0.2, 0.25) is 0 Å². The quantitative estimate of drug-likeness (QED) is 0.764. The second-order valence-corrected chi connectivity index (χ2v) is 6.73. The van der Waals surface area contributed by atoms with E-state index in [0.717, 1.165) is 28.9 Å². The highest BCUT2D eigenvalue weighted by atomic mass is 16.5. The van der Waals surface area contributed by atoms with Crippen LogP contribution in [0.5, 0.6) is 5.75 Å². The van der Waals surface area contributed by atoms with Crippen LogP contribution in [0.15, 0.2) is 48.5 Å². The molecule has 0 aliphatic carbocycles. The van der Waals surface area contributed by atoms with Crippen LogP contribution in [0, 0.1) is 0 Å². The van der Waals surface area contributed by atoms with Crippen molar-refractivity contribution in [1.82, 2.24) is 4.90 Å². The van der Waals surface area contributed by atoms with Crippen LogP contribution in [0.1, 0.15) is 45.2 Å². The first-order chi connectivity index (χ1) is 12.5. The summed E-state index contributed by atoms with van der Waals surface area (Å²) in [6.07, 6.45) is 1.22. The van der Waals surface area contributed by atoms with Gasteiger partial charge in [0.1, 0.15) is 5.75 Å². The molecule has 4 nitrogen and oxygen atoms in total. The minimum Gasteiger partial charge on any atom is -0.497 e. The van der Waals surface area contributed by atoms with Crippen molar-refractivity contribution >= 4 is 5.91 Å². The van der Waals surface area contributed by atoms with E-state index in [1.165, 1.54) is 0 Å². The molecule has 0 aliphatic rings. The fraction of sp³-hybridized carbons (Fsp3) is 0.409. The van der Waals surface area contributed by atoms with Gasteiger partial charge in [-0.05, 0) is 56.0 Å². The number of carbonyl (C=O) groups excluding carboxylic acids is 1. The monoisotopic (exact) mass is 354 g/mol. The van der Waals surface area contributed by atoms with Gasteiger partial charge in [-0.1, -0.05) is 36.4 Å². The van der Waals surface area contributed by atoms with Crippen molar-refractivity contribution in [3.05, 3.63) is 54.1 Å². The van der Waals surface area contributed by atoms with Crippen LogP contribution in [-0.4, -0.2) is 30.5 Å². The van der Waals surface area contributed by atoms with Crippen molar-refractivity contribution in [2.45, 2.75) is 45.7 Å². The topological polar surface area (TPSA) is 55.6 Å². The molecule has 0 saturated carbocycles. The first-order valence-electron chi connectivity index (χ1n) is 9.25. The van der Waals surface area contributed by atoms with Gasteiger partial charge in [0.05, 0.1) is 13.2 Å². The van der Waals surface area contributed by atoms with Crippen LogP contribution in [0.3, 0.4) is 0 Å². The van der Waals surface area contributed by atoms with Gasteiger partial charge in [-0.3, -0.25) is 4.79 Å². The molecule has 4 heteroatoms. The van der Waals surface area contributed by atoms with E-state index in [-0.39, 0.29) is 18.0 Å². The van der Waals surface area contributed by atoms with Gasteiger partial charge in [0.25, 0.3) is 0 Å². The molecular formula is C22H30N2O2. The van der Waals surface area contributed by atoms with Gasteiger partial charge in [-0.15, -0.1) is 0 Å². The van der Waals surface area contributed by atoms with E-state index in [9.17, 15) is 4.79 Å². The third kappa shape index (κ3) is 5.09. The number of rotatable bonds is 8. The first kappa shape index (κ1) is 20.0. The average Bonchev–Trinajstić information content (AvgIpc) is 2.67. The largest absolute Gasteiger partial charge is 0.497 e. The summed E-state index contributed by atoms with van der Waals surface area (Å²) < 4.78 is 5.30. The summed E-state index contributed by atoms with van der Waals surface area (Å²) in [6.45, 7) is 6.72. The van der Waals surface area contributed by atoms with Gasteiger partial charge in [-0.25, -0.2) is 0 Å². The molecule has 0 radical (unpaired) electrons. The van der Waals surface area contributed by atoms with E-state index in [1.54, 1.807) is 7.11 Å². The van der Waals surface area contributed by atoms with Crippen molar-refractivity contribution in [3.8, 4) is 16.9 Å². The first-order valence-corrected chi connectivity index (χ1v) is 9.25. The summed E-state index contributed by atoms with van der Waals surface area (Å²) >= 11 is 0. The SMILES string of the molecule is CCN(C(=O)CCC(C)N)C(C)c1ccc(-c2cccc(OC)c2)cc1. The zero-order chi connectivity index (χ0) is 19.1. The predicted molar refractivity (Wildman–Crippen MR) is 107 cm³/mol. The molecule has 0 fully saturated rings. The number of amides is 1. The molecule has 0 heterocycles. The minimum atomic E-state index is 0.0416. The zero-order valence-corrected chi connectivity index (χ0v) is 16.2. The van der Waals surface area contributed by atoms with Crippen LogP contribution < -0.4 is 10.5 Å². The number of hydrogen-bond donors (Lipinski definition) is 1. The van der Waals surface area contributed by atoms with E-state index < -0.39 is 0 Å². The Bertz CT molecular complexity index is 710. The standard InChI is InChI=1S/C22H30N2O2/c1-5-24(22(25)14-9-16(2)23)17(3)18-10-12-19(13-11-18)20-7-6-8-21(15-20)26-4/h6-8,10-13,15-17H,5,9,14,23H2,1-4H3. The van der Waals surface area contributed by atoms with E-state index in [4.69, 9.17) is 10.5 Å². The van der Waals surface area contributed by atoms with Gasteiger partial charge in [-0.2, -0.15) is 0 Å². The zero-order valence-electron chi connectivity index (χ0n) is 16.2. The minimum absolute atomic E-state index is 0.0416. The molecule has 2 atom stereocenters. The van der Waals surface area contributed by atoms with Gasteiger partial charge in [0.2, 0.25) is 5.91 Å². The molecule has 0 spiro atoms. The predicted octanol–water partition coefficient (Wildman–Crippen LogP) is 4.40. The fourth-order valence-corrected chi connectivity index (χ4v) is 3.10. The average molecular weight is 354 g/mol. The Morgan fingerprint density at radius 1 is 1.12 bits per heavy atom. The lowest BCUT2D eigenvalue weighted by Gasteiger charge is -2.29. The molecule has 26 heavy (non-hydrogen) atoms. The van der Waals surface area contributed by atoms with Gasteiger partial charge in [0, 0.05) is 19.0 Å². The highest BCUT2D eigenvalue weighted by Crippen LogP contribution is 2.27. The Morgan fingerprint density at radius 3 is 2.38 bits per heavy atom. The number of nitrogens with two attached hydrogens (primary N) is 1. The summed E-state index contributed by atoms with van der Waals surface area (Å²) in [5.41, 5.74) is 9.16. The molecule has 0 aromatic heterocycles. The maximum atomic E-state index is 12.5. The Balaban J connectivity index is 2.13. The summed E-state index contributed by atoms with van der Waals surface area (Å²) in [6, 6.07) is 16.5. The number of hydrogen-bond acceptors (Lipinski definition) is 3. The fourth-order valence-electron chi connectivity index (χ4n) is 3.10. The highest BCUT2D eigenvalue weighted by Gasteiger charge is 2.20. The van der Waals surface area contributed by atoms with Crippen LogP contribution in [0.25, 0.3) is 11.1 Å². The van der Waals surface area contributed by atoms with Crippen molar-refractivity contribution in [2.24, 2.45) is 5.73 Å². The Morgan fingerprint density at radius 2 is 1.81 bits per heavy atom. The molecule has 0 saturated heterocycles. The Hall–Kier alpha value is -2.33. The van der Waals surface area contributed by atoms with Crippen molar-refractivity contribution in [3.63, 3.8) is 0 Å². The highest BCUT2D eigenvalue weighted by molar-refractivity contribution is 5.76. The van der Waals surface area contributed by atoms with Crippen LogP contribution in [-0.2, 0) is 4.79 Å². The third-order valence-electron chi connectivity index (χ3n) is 4.74. The lowest BCUT2D eigenvalue weighted by molar-refractivity contribution is -0.133. The maximum Gasteiger partial charge on any atom is 0.223 e. The Kier molecular flexibility index (Phi) is 7.22. The molecule has 140 valence electrons. The Labute approximate surface area is 157 Å². The molecule has 2 N–H and O–H groups in total. The smallest absolute Gasteiger partial charge is 0.223 e. The van der Waals surface area contributed by atoms with Gasteiger partial charge >= 0.3 is 0 Å². The van der Waals surface area contributed by atoms with Gasteiger partial charge < -0.3 is 15.4 Å². The number of benzene rings is 2. The summed E-state index contributed by atoms with van der Waals surface area (Å²) in [4.78, 5) is 14.4. The second kappa shape index (κ2) is 9.39. The lowest BCUT2D eigenvalue weighted by Crippen LogP contribution is -2.34. The van der Waals surface area contributed by atoms with E-state index in [1.807, 2.05) is 36.9 Å². The van der Waals surface area contributed by atoms with Crippen molar-refractivity contribution in [1.29, 1.82) is 0 Å². The second-order valence-electron chi connectivity index (χ2n) is 6.73. The van der Waals surface area contributed by atoms with E-state index in [0.29, 0.717) is 13.0 Å². The molecule has 1 amide bonds. The van der Waals surface area contributed by atoms with E-state index >= 15 is 0 Å².